The van der Waals surface area contributed by atoms with E-state index in [1.165, 1.54) is 6.33 Å². The second-order valence-electron chi connectivity index (χ2n) is 3.14. The number of nitrogens with zero attached hydrogens (tertiary/aromatic N) is 2. The Morgan fingerprint density at radius 3 is 3.00 bits per heavy atom. The molecule has 1 heterocycles. The lowest BCUT2D eigenvalue weighted by molar-refractivity contribution is 0.282. The molecule has 78 valence electrons. The van der Waals surface area contributed by atoms with Crippen molar-refractivity contribution in [1.29, 1.82) is 0 Å². The van der Waals surface area contributed by atoms with E-state index in [-0.39, 0.29) is 6.61 Å². The SMILES string of the molecule is CC(CCCO)Nc1cc(Br)ncn1. The Kier molecular flexibility index (Phi) is 4.82. The number of halogens is 1. The van der Waals surface area contributed by atoms with Crippen LogP contribution in [0.15, 0.2) is 17.0 Å². The number of aliphatic hydroxyl groups excluding tert-OH is 1. The van der Waals surface area contributed by atoms with E-state index in [1.54, 1.807) is 0 Å². The van der Waals surface area contributed by atoms with Crippen molar-refractivity contribution >= 4 is 21.7 Å². The van der Waals surface area contributed by atoms with Crippen molar-refractivity contribution in [3.05, 3.63) is 17.0 Å². The summed E-state index contributed by atoms with van der Waals surface area (Å²) in [7, 11) is 0. The molecule has 1 aromatic heterocycles. The molecule has 1 atom stereocenters. The maximum Gasteiger partial charge on any atom is 0.130 e. The number of aromatic nitrogens is 2. The second kappa shape index (κ2) is 5.93. The van der Waals surface area contributed by atoms with E-state index in [9.17, 15) is 0 Å². The zero-order valence-corrected chi connectivity index (χ0v) is 9.66. The predicted octanol–water partition coefficient (Wildman–Crippen LogP) is 1.81. The molecular formula is C9H14BrN3O. The fourth-order valence-corrected chi connectivity index (χ4v) is 1.44. The first-order valence-electron chi connectivity index (χ1n) is 4.57. The number of nitrogens with one attached hydrogen (secondary N) is 1. The smallest absolute Gasteiger partial charge is 0.130 e. The molecular weight excluding hydrogens is 246 g/mol. The third-order valence-corrected chi connectivity index (χ3v) is 2.26. The lowest BCUT2D eigenvalue weighted by Crippen LogP contribution is -2.16. The van der Waals surface area contributed by atoms with Crippen molar-refractivity contribution in [2.45, 2.75) is 25.8 Å². The molecule has 0 amide bonds. The van der Waals surface area contributed by atoms with Gasteiger partial charge in [-0.3, -0.25) is 0 Å². The summed E-state index contributed by atoms with van der Waals surface area (Å²) in [6.07, 6.45) is 3.24. The highest BCUT2D eigenvalue weighted by Crippen LogP contribution is 2.11. The molecule has 1 rings (SSSR count). The van der Waals surface area contributed by atoms with Crippen LogP contribution in [0.4, 0.5) is 5.82 Å². The van der Waals surface area contributed by atoms with Crippen LogP contribution in [0, 0.1) is 0 Å². The van der Waals surface area contributed by atoms with Gasteiger partial charge in [-0.15, -0.1) is 0 Å². The van der Waals surface area contributed by atoms with E-state index in [0.717, 1.165) is 23.3 Å². The molecule has 1 unspecified atom stereocenters. The number of anilines is 1. The van der Waals surface area contributed by atoms with Crippen LogP contribution in [0.2, 0.25) is 0 Å². The Bertz CT molecular complexity index is 283. The number of hydrogen-bond acceptors (Lipinski definition) is 4. The summed E-state index contributed by atoms with van der Waals surface area (Å²) in [5.74, 6) is 0.803. The highest BCUT2D eigenvalue weighted by Gasteiger charge is 2.02. The second-order valence-corrected chi connectivity index (χ2v) is 3.95. The van der Waals surface area contributed by atoms with Gasteiger partial charge < -0.3 is 10.4 Å². The van der Waals surface area contributed by atoms with Crippen molar-refractivity contribution in [2.24, 2.45) is 0 Å². The standard InChI is InChI=1S/C9H14BrN3O/c1-7(3-2-4-14)13-9-5-8(10)11-6-12-9/h5-7,14H,2-4H2,1H3,(H,11,12,13). The molecule has 14 heavy (non-hydrogen) atoms. The number of hydrogen-bond donors (Lipinski definition) is 2. The van der Waals surface area contributed by atoms with Crippen molar-refractivity contribution in [3.63, 3.8) is 0 Å². The average Bonchev–Trinajstić information content (AvgIpc) is 2.15. The molecule has 0 spiro atoms. The van der Waals surface area contributed by atoms with E-state index < -0.39 is 0 Å². The largest absolute Gasteiger partial charge is 0.396 e. The molecule has 2 N–H and O–H groups in total. The first kappa shape index (κ1) is 11.4. The molecule has 0 aromatic carbocycles. The van der Waals surface area contributed by atoms with E-state index in [2.05, 4.69) is 38.1 Å². The minimum atomic E-state index is 0.236. The minimum absolute atomic E-state index is 0.236. The molecule has 0 radical (unpaired) electrons. The van der Waals surface area contributed by atoms with Crippen molar-refractivity contribution in [3.8, 4) is 0 Å². The van der Waals surface area contributed by atoms with E-state index in [4.69, 9.17) is 5.11 Å². The monoisotopic (exact) mass is 259 g/mol. The highest BCUT2D eigenvalue weighted by molar-refractivity contribution is 9.10. The zero-order chi connectivity index (χ0) is 10.4. The summed E-state index contributed by atoms with van der Waals surface area (Å²) in [6, 6.07) is 2.14. The third kappa shape index (κ3) is 4.02. The molecule has 0 saturated carbocycles. The molecule has 0 aliphatic rings. The van der Waals surface area contributed by atoms with Crippen molar-refractivity contribution < 1.29 is 5.11 Å². The Balaban J connectivity index is 2.43. The van der Waals surface area contributed by atoms with Crippen LogP contribution in [-0.2, 0) is 0 Å². The minimum Gasteiger partial charge on any atom is -0.396 e. The van der Waals surface area contributed by atoms with Crippen molar-refractivity contribution in [1.82, 2.24) is 9.97 Å². The quantitative estimate of drug-likeness (QED) is 0.793. The van der Waals surface area contributed by atoms with Crippen LogP contribution in [0.1, 0.15) is 19.8 Å². The Morgan fingerprint density at radius 2 is 2.36 bits per heavy atom. The maximum absolute atomic E-state index is 8.66. The lowest BCUT2D eigenvalue weighted by atomic mass is 10.2. The van der Waals surface area contributed by atoms with Gasteiger partial charge in [0.1, 0.15) is 16.7 Å². The lowest BCUT2D eigenvalue weighted by Gasteiger charge is -2.13. The van der Waals surface area contributed by atoms with Gasteiger partial charge in [0, 0.05) is 18.7 Å². The first-order valence-corrected chi connectivity index (χ1v) is 5.36. The highest BCUT2D eigenvalue weighted by atomic mass is 79.9. The first-order chi connectivity index (χ1) is 6.72. The summed E-state index contributed by atoms with van der Waals surface area (Å²) in [6.45, 7) is 2.30. The van der Waals surface area contributed by atoms with Gasteiger partial charge in [0.15, 0.2) is 0 Å². The van der Waals surface area contributed by atoms with Crippen LogP contribution in [0.5, 0.6) is 0 Å². The summed E-state index contributed by atoms with van der Waals surface area (Å²) in [5, 5.41) is 11.9. The topological polar surface area (TPSA) is 58.0 Å². The van der Waals surface area contributed by atoms with Crippen LogP contribution >= 0.6 is 15.9 Å². The van der Waals surface area contributed by atoms with Gasteiger partial charge in [0.25, 0.3) is 0 Å². The van der Waals surface area contributed by atoms with Crippen LogP contribution in [-0.4, -0.2) is 27.7 Å². The van der Waals surface area contributed by atoms with Gasteiger partial charge in [-0.1, -0.05) is 0 Å². The van der Waals surface area contributed by atoms with Crippen molar-refractivity contribution in [2.75, 3.05) is 11.9 Å². The zero-order valence-electron chi connectivity index (χ0n) is 8.07. The fourth-order valence-electron chi connectivity index (χ4n) is 1.13. The fraction of sp³-hybridized carbons (Fsp3) is 0.556. The van der Waals surface area contributed by atoms with Crippen LogP contribution < -0.4 is 5.32 Å². The molecule has 1 aromatic rings. The Morgan fingerprint density at radius 1 is 1.57 bits per heavy atom. The van der Waals surface area contributed by atoms with E-state index in [0.29, 0.717) is 6.04 Å². The van der Waals surface area contributed by atoms with Gasteiger partial charge in [0.05, 0.1) is 0 Å². The molecule has 0 fully saturated rings. The molecule has 5 heteroatoms. The molecule has 0 aliphatic heterocycles. The van der Waals surface area contributed by atoms with Gasteiger partial charge in [-0.2, -0.15) is 0 Å². The maximum atomic E-state index is 8.66. The number of rotatable bonds is 5. The average molecular weight is 260 g/mol. The van der Waals surface area contributed by atoms with Gasteiger partial charge >= 0.3 is 0 Å². The van der Waals surface area contributed by atoms with Gasteiger partial charge in [0.2, 0.25) is 0 Å². The third-order valence-electron chi connectivity index (χ3n) is 1.82. The van der Waals surface area contributed by atoms with E-state index >= 15 is 0 Å². The predicted molar refractivity (Wildman–Crippen MR) is 59.1 cm³/mol. The number of aliphatic hydroxyl groups is 1. The molecule has 0 bridgehead atoms. The summed E-state index contributed by atoms with van der Waals surface area (Å²) in [4.78, 5) is 8.01. The van der Waals surface area contributed by atoms with Crippen LogP contribution in [0.25, 0.3) is 0 Å². The Labute approximate surface area is 91.9 Å². The molecule has 0 saturated heterocycles. The molecule has 4 nitrogen and oxygen atoms in total. The molecule has 0 aliphatic carbocycles. The van der Waals surface area contributed by atoms with Crippen LogP contribution in [0.3, 0.4) is 0 Å². The Hall–Kier alpha value is -0.680. The normalized spacial score (nSPS) is 12.5. The van der Waals surface area contributed by atoms with Gasteiger partial charge in [-0.05, 0) is 35.7 Å². The summed E-state index contributed by atoms with van der Waals surface area (Å²) >= 11 is 3.27. The van der Waals surface area contributed by atoms with Gasteiger partial charge in [-0.25, -0.2) is 9.97 Å². The van der Waals surface area contributed by atoms with E-state index in [1.807, 2.05) is 6.07 Å². The summed E-state index contributed by atoms with van der Waals surface area (Å²) < 4.78 is 0.768. The summed E-state index contributed by atoms with van der Waals surface area (Å²) in [5.41, 5.74) is 0.